The lowest BCUT2D eigenvalue weighted by Gasteiger charge is -2.37. The monoisotopic (exact) mass is 336 g/mol. The molecule has 5 nitrogen and oxygen atoms in total. The Balaban J connectivity index is 1.57. The Kier molecular flexibility index (Phi) is 5.70. The number of guanidine groups is 1. The molecular formula is C19H36N4O. The largest absolute Gasteiger partial charge is 0.392 e. The number of nitrogens with zero attached hydrogens (tertiary/aromatic N) is 2. The van der Waals surface area contributed by atoms with E-state index < -0.39 is 0 Å². The fraction of sp³-hybridized carbons (Fsp3) is 0.947. The molecule has 0 spiro atoms. The van der Waals surface area contributed by atoms with E-state index in [2.05, 4.69) is 36.3 Å². The molecule has 1 saturated heterocycles. The van der Waals surface area contributed by atoms with Gasteiger partial charge in [-0.05, 0) is 46.0 Å². The maximum absolute atomic E-state index is 10.4. The van der Waals surface area contributed by atoms with Crippen LogP contribution < -0.4 is 10.6 Å². The second kappa shape index (κ2) is 7.61. The molecule has 0 aromatic carbocycles. The van der Waals surface area contributed by atoms with Gasteiger partial charge in [0.25, 0.3) is 0 Å². The molecule has 3 aliphatic rings. The summed E-state index contributed by atoms with van der Waals surface area (Å²) in [5.74, 6) is 0.923. The minimum absolute atomic E-state index is 0.0659. The Morgan fingerprint density at radius 1 is 1.29 bits per heavy atom. The Bertz CT molecular complexity index is 451. The highest BCUT2D eigenvalue weighted by Gasteiger charge is 2.39. The van der Waals surface area contributed by atoms with E-state index in [1.165, 1.54) is 25.7 Å². The minimum atomic E-state index is -0.213. The SMILES string of the molecule is CCNC(=NCC1(C)CCCCC1O)NC1CC(C)N(C2CC2)C1. The summed E-state index contributed by atoms with van der Waals surface area (Å²) in [6.07, 6.45) is 8.09. The number of likely N-dealkylation sites (tertiary alicyclic amines) is 1. The van der Waals surface area contributed by atoms with Crippen molar-refractivity contribution in [2.24, 2.45) is 10.4 Å². The highest BCUT2D eigenvalue weighted by Crippen LogP contribution is 2.36. The van der Waals surface area contributed by atoms with Crippen LogP contribution in [0.4, 0.5) is 0 Å². The van der Waals surface area contributed by atoms with E-state index in [1.807, 2.05) is 0 Å². The van der Waals surface area contributed by atoms with Crippen molar-refractivity contribution in [1.29, 1.82) is 0 Å². The van der Waals surface area contributed by atoms with Gasteiger partial charge in [0.05, 0.1) is 12.6 Å². The van der Waals surface area contributed by atoms with Gasteiger partial charge < -0.3 is 15.7 Å². The van der Waals surface area contributed by atoms with Crippen LogP contribution >= 0.6 is 0 Å². The van der Waals surface area contributed by atoms with Crippen LogP contribution in [-0.2, 0) is 0 Å². The van der Waals surface area contributed by atoms with Gasteiger partial charge in [-0.15, -0.1) is 0 Å². The molecule has 1 aliphatic heterocycles. The summed E-state index contributed by atoms with van der Waals surface area (Å²) in [6.45, 7) is 9.37. The van der Waals surface area contributed by atoms with Crippen molar-refractivity contribution in [3.05, 3.63) is 0 Å². The number of aliphatic hydroxyl groups is 1. The second-order valence-electron chi connectivity index (χ2n) is 8.46. The van der Waals surface area contributed by atoms with E-state index in [0.717, 1.165) is 44.4 Å². The molecule has 4 unspecified atom stereocenters. The maximum Gasteiger partial charge on any atom is 0.191 e. The molecule has 0 aromatic rings. The molecule has 2 saturated carbocycles. The van der Waals surface area contributed by atoms with Crippen LogP contribution in [0.25, 0.3) is 0 Å². The zero-order valence-corrected chi connectivity index (χ0v) is 15.7. The molecule has 0 amide bonds. The topological polar surface area (TPSA) is 59.9 Å². The molecule has 4 atom stereocenters. The van der Waals surface area contributed by atoms with E-state index in [9.17, 15) is 5.11 Å². The van der Waals surface area contributed by atoms with Crippen LogP contribution in [0.1, 0.15) is 65.7 Å². The van der Waals surface area contributed by atoms with E-state index in [-0.39, 0.29) is 11.5 Å². The van der Waals surface area contributed by atoms with Crippen molar-refractivity contribution < 1.29 is 5.11 Å². The third-order valence-corrected chi connectivity index (χ3v) is 6.20. The van der Waals surface area contributed by atoms with Gasteiger partial charge in [0, 0.05) is 36.6 Å². The number of hydrogen-bond acceptors (Lipinski definition) is 3. The maximum atomic E-state index is 10.4. The average molecular weight is 337 g/mol. The van der Waals surface area contributed by atoms with Crippen molar-refractivity contribution >= 4 is 5.96 Å². The zero-order chi connectivity index (χ0) is 17.2. The lowest BCUT2D eigenvalue weighted by atomic mass is 9.73. The Hall–Kier alpha value is -0.810. The summed E-state index contributed by atoms with van der Waals surface area (Å²) in [7, 11) is 0. The molecule has 3 rings (SSSR count). The second-order valence-corrected chi connectivity index (χ2v) is 8.46. The number of aliphatic imine (C=N–C) groups is 1. The molecule has 0 radical (unpaired) electrons. The minimum Gasteiger partial charge on any atom is -0.392 e. The summed E-state index contributed by atoms with van der Waals surface area (Å²) in [6, 6.07) is 2.00. The van der Waals surface area contributed by atoms with Crippen molar-refractivity contribution in [3.63, 3.8) is 0 Å². The Morgan fingerprint density at radius 2 is 2.08 bits per heavy atom. The normalized spacial score (nSPS) is 38.3. The highest BCUT2D eigenvalue weighted by molar-refractivity contribution is 5.80. The lowest BCUT2D eigenvalue weighted by Crippen LogP contribution is -2.46. The van der Waals surface area contributed by atoms with Gasteiger partial charge in [-0.25, -0.2) is 0 Å². The van der Waals surface area contributed by atoms with E-state index in [1.54, 1.807) is 0 Å². The summed E-state index contributed by atoms with van der Waals surface area (Å²) >= 11 is 0. The van der Waals surface area contributed by atoms with Gasteiger partial charge >= 0.3 is 0 Å². The predicted molar refractivity (Wildman–Crippen MR) is 99.3 cm³/mol. The Morgan fingerprint density at radius 3 is 2.75 bits per heavy atom. The summed E-state index contributed by atoms with van der Waals surface area (Å²) in [5.41, 5.74) is -0.0659. The first-order valence-corrected chi connectivity index (χ1v) is 10.0. The van der Waals surface area contributed by atoms with Crippen LogP contribution in [-0.4, -0.2) is 59.8 Å². The fourth-order valence-corrected chi connectivity index (χ4v) is 4.41. The van der Waals surface area contributed by atoms with E-state index >= 15 is 0 Å². The quantitative estimate of drug-likeness (QED) is 0.532. The number of rotatable bonds is 5. The fourth-order valence-electron chi connectivity index (χ4n) is 4.41. The van der Waals surface area contributed by atoms with Crippen molar-refractivity contribution in [3.8, 4) is 0 Å². The van der Waals surface area contributed by atoms with Crippen LogP contribution in [0.5, 0.6) is 0 Å². The summed E-state index contributed by atoms with van der Waals surface area (Å²) in [4.78, 5) is 7.51. The Labute approximate surface area is 147 Å². The molecule has 2 aliphatic carbocycles. The zero-order valence-electron chi connectivity index (χ0n) is 15.7. The number of hydrogen-bond donors (Lipinski definition) is 3. The van der Waals surface area contributed by atoms with E-state index in [0.29, 0.717) is 18.6 Å². The first-order valence-electron chi connectivity index (χ1n) is 10.0. The summed E-state index contributed by atoms with van der Waals surface area (Å²) in [5, 5.41) is 17.4. The number of aliphatic hydroxyl groups excluding tert-OH is 1. The molecule has 1 heterocycles. The van der Waals surface area contributed by atoms with Crippen molar-refractivity contribution in [2.45, 2.75) is 89.9 Å². The predicted octanol–water partition coefficient (Wildman–Crippen LogP) is 2.11. The van der Waals surface area contributed by atoms with Crippen LogP contribution in [0, 0.1) is 5.41 Å². The molecule has 0 bridgehead atoms. The van der Waals surface area contributed by atoms with Gasteiger partial charge in [-0.1, -0.05) is 19.8 Å². The lowest BCUT2D eigenvalue weighted by molar-refractivity contribution is 0.00715. The van der Waals surface area contributed by atoms with Crippen LogP contribution in [0.15, 0.2) is 4.99 Å². The standard InChI is InChI=1S/C19H36N4O/c1-4-20-18(21-13-19(3)10-6-5-7-17(19)24)22-15-11-14(2)23(12-15)16-8-9-16/h14-17,24H,4-13H2,1-3H3,(H2,20,21,22). The van der Waals surface area contributed by atoms with Crippen molar-refractivity contribution in [2.75, 3.05) is 19.6 Å². The molecule has 3 N–H and O–H groups in total. The first-order chi connectivity index (χ1) is 11.5. The molecule has 24 heavy (non-hydrogen) atoms. The molecule has 3 fully saturated rings. The van der Waals surface area contributed by atoms with Gasteiger partial charge in [0.2, 0.25) is 0 Å². The van der Waals surface area contributed by atoms with Gasteiger partial charge in [0.15, 0.2) is 5.96 Å². The average Bonchev–Trinajstić information content (AvgIpc) is 3.32. The smallest absolute Gasteiger partial charge is 0.191 e. The van der Waals surface area contributed by atoms with Crippen LogP contribution in [0.3, 0.4) is 0 Å². The van der Waals surface area contributed by atoms with Gasteiger partial charge in [-0.2, -0.15) is 0 Å². The molecule has 0 aromatic heterocycles. The first kappa shape index (κ1) is 18.0. The van der Waals surface area contributed by atoms with Gasteiger partial charge in [0.1, 0.15) is 0 Å². The summed E-state index contributed by atoms with van der Waals surface area (Å²) < 4.78 is 0. The molecule has 138 valence electrons. The number of nitrogens with one attached hydrogen (secondary N) is 2. The third-order valence-electron chi connectivity index (χ3n) is 6.20. The molecular weight excluding hydrogens is 300 g/mol. The highest BCUT2D eigenvalue weighted by atomic mass is 16.3. The van der Waals surface area contributed by atoms with Gasteiger partial charge in [-0.3, -0.25) is 9.89 Å². The van der Waals surface area contributed by atoms with Crippen molar-refractivity contribution in [1.82, 2.24) is 15.5 Å². The van der Waals surface area contributed by atoms with Crippen LogP contribution in [0.2, 0.25) is 0 Å². The van der Waals surface area contributed by atoms with E-state index in [4.69, 9.17) is 4.99 Å². The third kappa shape index (κ3) is 4.23. The molecule has 5 heteroatoms.